The maximum atomic E-state index is 12.6. The summed E-state index contributed by atoms with van der Waals surface area (Å²) in [6.45, 7) is 3.68. The lowest BCUT2D eigenvalue weighted by molar-refractivity contribution is -0.126. The lowest BCUT2D eigenvalue weighted by Gasteiger charge is -2.33. The second kappa shape index (κ2) is 8.11. The smallest absolute Gasteiger partial charge is 0.223 e. The highest BCUT2D eigenvalue weighted by atomic mass is 16.2. The van der Waals surface area contributed by atoms with Gasteiger partial charge in [0.1, 0.15) is 5.82 Å². The third-order valence-corrected chi connectivity index (χ3v) is 6.52. The molecule has 0 spiro atoms. The quantitative estimate of drug-likeness (QED) is 0.837. The number of nitrogens with one attached hydrogen (secondary N) is 2. The predicted octanol–water partition coefficient (Wildman–Crippen LogP) is 2.33. The summed E-state index contributed by atoms with van der Waals surface area (Å²) in [5.74, 6) is 2.28. The van der Waals surface area contributed by atoms with E-state index in [0.717, 1.165) is 81.9 Å². The van der Waals surface area contributed by atoms with Crippen LogP contribution < -0.4 is 15.5 Å². The molecular formula is C23H29N5O. The van der Waals surface area contributed by atoms with Crippen molar-refractivity contribution in [1.82, 2.24) is 20.6 Å². The third-order valence-electron chi connectivity index (χ3n) is 6.52. The Hall–Kier alpha value is -2.47. The lowest BCUT2D eigenvalue weighted by Crippen LogP contribution is -2.44. The van der Waals surface area contributed by atoms with Gasteiger partial charge in [-0.05, 0) is 45.1 Å². The van der Waals surface area contributed by atoms with Crippen molar-refractivity contribution < 1.29 is 4.79 Å². The van der Waals surface area contributed by atoms with Crippen molar-refractivity contribution in [2.75, 3.05) is 31.1 Å². The Morgan fingerprint density at radius 1 is 1.07 bits per heavy atom. The fraction of sp³-hybridized carbons (Fsp3) is 0.522. The molecule has 3 heterocycles. The lowest BCUT2D eigenvalue weighted by atomic mass is 9.95. The van der Waals surface area contributed by atoms with Crippen LogP contribution in [0.25, 0.3) is 11.4 Å². The van der Waals surface area contributed by atoms with Crippen molar-refractivity contribution >= 4 is 11.7 Å². The van der Waals surface area contributed by atoms with E-state index in [2.05, 4.69) is 27.7 Å². The van der Waals surface area contributed by atoms with Crippen molar-refractivity contribution in [3.63, 3.8) is 0 Å². The molecule has 2 saturated heterocycles. The van der Waals surface area contributed by atoms with E-state index in [0.29, 0.717) is 6.04 Å². The molecule has 0 saturated carbocycles. The zero-order valence-electron chi connectivity index (χ0n) is 16.9. The van der Waals surface area contributed by atoms with E-state index in [4.69, 9.17) is 9.97 Å². The van der Waals surface area contributed by atoms with Crippen molar-refractivity contribution in [3.8, 4) is 11.4 Å². The number of carbonyl (C=O) groups is 1. The molecule has 1 aromatic heterocycles. The Morgan fingerprint density at radius 2 is 1.90 bits per heavy atom. The molecule has 6 nitrogen and oxygen atoms in total. The van der Waals surface area contributed by atoms with Crippen molar-refractivity contribution in [2.45, 2.75) is 44.6 Å². The molecule has 29 heavy (non-hydrogen) atoms. The van der Waals surface area contributed by atoms with Gasteiger partial charge in [-0.15, -0.1) is 0 Å². The SMILES string of the molecule is O=C(N[C@@H]1CCNC1)C1CCN(c2nc(-c3ccccc3)nc3c2CCC3)CC1. The van der Waals surface area contributed by atoms with Gasteiger partial charge in [0, 0.05) is 48.4 Å². The molecular weight excluding hydrogens is 362 g/mol. The van der Waals surface area contributed by atoms with Gasteiger partial charge in [0.2, 0.25) is 5.91 Å². The summed E-state index contributed by atoms with van der Waals surface area (Å²) < 4.78 is 0. The average Bonchev–Trinajstić information content (AvgIpc) is 3.45. The number of piperidine rings is 1. The number of aromatic nitrogens is 2. The summed E-state index contributed by atoms with van der Waals surface area (Å²) in [6, 6.07) is 10.6. The average molecular weight is 392 g/mol. The highest BCUT2D eigenvalue weighted by molar-refractivity contribution is 5.79. The van der Waals surface area contributed by atoms with Crippen molar-refractivity contribution in [1.29, 1.82) is 0 Å². The molecule has 152 valence electrons. The minimum absolute atomic E-state index is 0.121. The number of amides is 1. The van der Waals surface area contributed by atoms with Crippen LogP contribution in [0.5, 0.6) is 0 Å². The van der Waals surface area contributed by atoms with Gasteiger partial charge in [-0.2, -0.15) is 0 Å². The first-order valence-corrected chi connectivity index (χ1v) is 11.0. The molecule has 3 aliphatic rings. The standard InChI is InChI=1S/C23H29N5O/c29-23(25-18-9-12-24-15-18)17-10-13-28(14-11-17)22-19-7-4-8-20(19)26-21(27-22)16-5-2-1-3-6-16/h1-3,5-6,17-18,24H,4,7-15H2,(H,25,29)/t18-/m1/s1. The molecule has 1 aliphatic carbocycles. The number of carbonyl (C=O) groups excluding carboxylic acids is 1. The van der Waals surface area contributed by atoms with Gasteiger partial charge in [-0.1, -0.05) is 30.3 Å². The maximum absolute atomic E-state index is 12.6. The van der Waals surface area contributed by atoms with E-state index in [1.807, 2.05) is 18.2 Å². The van der Waals surface area contributed by atoms with Gasteiger partial charge in [0.15, 0.2) is 5.82 Å². The van der Waals surface area contributed by atoms with Crippen LogP contribution in [-0.4, -0.2) is 48.1 Å². The summed E-state index contributed by atoms with van der Waals surface area (Å²) >= 11 is 0. The number of nitrogens with zero attached hydrogens (tertiary/aromatic N) is 3. The van der Waals surface area contributed by atoms with Gasteiger partial charge in [-0.3, -0.25) is 4.79 Å². The Balaban J connectivity index is 1.31. The molecule has 0 bridgehead atoms. The summed E-state index contributed by atoms with van der Waals surface area (Å²) in [5, 5.41) is 6.54. The Labute approximate surface area is 172 Å². The van der Waals surface area contributed by atoms with Gasteiger partial charge in [0.05, 0.1) is 0 Å². The molecule has 1 atom stereocenters. The third kappa shape index (κ3) is 3.86. The molecule has 2 aromatic rings. The molecule has 5 rings (SSSR count). The van der Waals surface area contributed by atoms with E-state index in [-0.39, 0.29) is 11.8 Å². The Bertz CT molecular complexity index is 870. The maximum Gasteiger partial charge on any atom is 0.223 e. The van der Waals surface area contributed by atoms with Gasteiger partial charge < -0.3 is 15.5 Å². The van der Waals surface area contributed by atoms with Crippen LogP contribution in [0.2, 0.25) is 0 Å². The molecule has 0 radical (unpaired) electrons. The van der Waals surface area contributed by atoms with E-state index in [9.17, 15) is 4.79 Å². The summed E-state index contributed by atoms with van der Waals surface area (Å²) in [6.07, 6.45) is 6.09. The molecule has 2 N–H and O–H groups in total. The minimum atomic E-state index is 0.121. The van der Waals surface area contributed by atoms with E-state index in [1.165, 1.54) is 11.3 Å². The van der Waals surface area contributed by atoms with Gasteiger partial charge in [0.25, 0.3) is 0 Å². The molecule has 1 amide bonds. The van der Waals surface area contributed by atoms with Crippen LogP contribution in [0.3, 0.4) is 0 Å². The fourth-order valence-corrected chi connectivity index (χ4v) is 4.84. The number of aryl methyl sites for hydroxylation is 1. The Morgan fingerprint density at radius 3 is 2.66 bits per heavy atom. The minimum Gasteiger partial charge on any atom is -0.356 e. The molecule has 2 aliphatic heterocycles. The second-order valence-corrected chi connectivity index (χ2v) is 8.48. The van der Waals surface area contributed by atoms with Crippen LogP contribution in [0.4, 0.5) is 5.82 Å². The number of hydrogen-bond donors (Lipinski definition) is 2. The Kier molecular flexibility index (Phi) is 5.19. The first-order valence-electron chi connectivity index (χ1n) is 11.0. The highest BCUT2D eigenvalue weighted by Gasteiger charge is 2.30. The van der Waals surface area contributed by atoms with Gasteiger partial charge >= 0.3 is 0 Å². The van der Waals surface area contributed by atoms with Crippen LogP contribution in [-0.2, 0) is 17.6 Å². The molecule has 6 heteroatoms. The second-order valence-electron chi connectivity index (χ2n) is 8.48. The van der Waals surface area contributed by atoms with Crippen molar-refractivity contribution in [2.24, 2.45) is 5.92 Å². The first kappa shape index (κ1) is 18.6. The monoisotopic (exact) mass is 391 g/mol. The van der Waals surface area contributed by atoms with Crippen LogP contribution in [0.15, 0.2) is 30.3 Å². The normalized spacial score (nSPS) is 21.9. The summed E-state index contributed by atoms with van der Waals surface area (Å²) in [4.78, 5) is 24.9. The molecule has 0 unspecified atom stereocenters. The van der Waals surface area contributed by atoms with Crippen molar-refractivity contribution in [3.05, 3.63) is 41.6 Å². The fourth-order valence-electron chi connectivity index (χ4n) is 4.84. The molecule has 1 aromatic carbocycles. The zero-order valence-corrected chi connectivity index (χ0v) is 16.9. The number of rotatable bonds is 4. The number of benzene rings is 1. The van der Waals surface area contributed by atoms with E-state index < -0.39 is 0 Å². The van der Waals surface area contributed by atoms with Crippen LogP contribution in [0.1, 0.15) is 36.9 Å². The van der Waals surface area contributed by atoms with Crippen LogP contribution >= 0.6 is 0 Å². The largest absolute Gasteiger partial charge is 0.356 e. The summed E-state index contributed by atoms with van der Waals surface area (Å²) in [7, 11) is 0. The van der Waals surface area contributed by atoms with E-state index in [1.54, 1.807) is 0 Å². The van der Waals surface area contributed by atoms with E-state index >= 15 is 0 Å². The predicted molar refractivity (Wildman–Crippen MR) is 114 cm³/mol. The first-order chi connectivity index (χ1) is 14.3. The molecule has 2 fully saturated rings. The number of hydrogen-bond acceptors (Lipinski definition) is 5. The van der Waals surface area contributed by atoms with Gasteiger partial charge in [-0.25, -0.2) is 9.97 Å². The summed E-state index contributed by atoms with van der Waals surface area (Å²) in [5.41, 5.74) is 3.61. The topological polar surface area (TPSA) is 70.2 Å². The number of anilines is 1. The highest BCUT2D eigenvalue weighted by Crippen LogP contribution is 2.33. The number of fused-ring (bicyclic) bond motifs is 1. The van der Waals surface area contributed by atoms with Crippen LogP contribution in [0, 0.1) is 5.92 Å². The zero-order chi connectivity index (χ0) is 19.6.